The summed E-state index contributed by atoms with van der Waals surface area (Å²) < 4.78 is 12.7. The number of rotatable bonds is 7. The van der Waals surface area contributed by atoms with Gasteiger partial charge in [-0.3, -0.25) is 4.79 Å². The van der Waals surface area contributed by atoms with E-state index >= 15 is 0 Å². The summed E-state index contributed by atoms with van der Waals surface area (Å²) in [6.45, 7) is 10.4. The van der Waals surface area contributed by atoms with Gasteiger partial charge in [-0.15, -0.1) is 0 Å². The number of anilines is 2. The van der Waals surface area contributed by atoms with Crippen molar-refractivity contribution in [3.63, 3.8) is 0 Å². The van der Waals surface area contributed by atoms with Crippen LogP contribution in [0.2, 0.25) is 0 Å². The van der Waals surface area contributed by atoms with E-state index in [1.807, 2.05) is 70.2 Å². The van der Waals surface area contributed by atoms with Crippen molar-refractivity contribution in [2.75, 3.05) is 44.0 Å². The maximum atomic E-state index is 14.4. The van der Waals surface area contributed by atoms with Crippen molar-refractivity contribution < 1.29 is 29.0 Å². The Morgan fingerprint density at radius 3 is 2.52 bits per heavy atom. The Hall–Kier alpha value is -4.35. The number of ether oxygens (including phenoxy) is 2. The average molecular weight is 662 g/mol. The van der Waals surface area contributed by atoms with Gasteiger partial charge in [-0.2, -0.15) is 0 Å². The molecule has 1 aliphatic heterocycles. The van der Waals surface area contributed by atoms with Gasteiger partial charge in [0.05, 0.1) is 36.1 Å². The molecule has 0 fully saturated rings. The molecule has 5 amide bonds. The van der Waals surface area contributed by atoms with Crippen molar-refractivity contribution in [2.24, 2.45) is 5.92 Å². The van der Waals surface area contributed by atoms with E-state index in [0.717, 1.165) is 30.0 Å². The van der Waals surface area contributed by atoms with Gasteiger partial charge in [0.2, 0.25) is 0 Å². The number of aliphatic hydroxyl groups is 1. The van der Waals surface area contributed by atoms with Gasteiger partial charge < -0.3 is 40.3 Å². The van der Waals surface area contributed by atoms with Gasteiger partial charge in [0.1, 0.15) is 5.75 Å². The molecule has 4 N–H and O–H groups in total. The van der Waals surface area contributed by atoms with Crippen LogP contribution in [0.5, 0.6) is 5.75 Å². The molecule has 0 unspecified atom stereocenters. The molecule has 4 rings (SSSR count). The molecule has 0 spiro atoms. The highest BCUT2D eigenvalue weighted by atomic mass is 16.5. The number of aliphatic hydroxyl groups excluding tert-OH is 1. The third-order valence-corrected chi connectivity index (χ3v) is 8.56. The van der Waals surface area contributed by atoms with Gasteiger partial charge in [-0.05, 0) is 76.6 Å². The lowest BCUT2D eigenvalue weighted by Gasteiger charge is -2.36. The molecular formula is C37H51N5O6. The maximum Gasteiger partial charge on any atom is 0.323 e. The minimum atomic E-state index is -0.521. The van der Waals surface area contributed by atoms with Gasteiger partial charge in [-0.1, -0.05) is 43.3 Å². The first-order chi connectivity index (χ1) is 23.0. The van der Waals surface area contributed by atoms with Crippen LogP contribution in [0.3, 0.4) is 0 Å². The zero-order valence-corrected chi connectivity index (χ0v) is 29.0. The molecule has 4 atom stereocenters. The number of carbonyl (C=O) groups excluding carboxylic acids is 3. The number of nitrogens with one attached hydrogen (secondary N) is 3. The van der Waals surface area contributed by atoms with Crippen LogP contribution in [0.15, 0.2) is 60.7 Å². The lowest BCUT2D eigenvalue weighted by molar-refractivity contribution is -0.0122. The first kappa shape index (κ1) is 36.5. The van der Waals surface area contributed by atoms with Crippen LogP contribution in [0, 0.1) is 5.92 Å². The molecule has 0 saturated carbocycles. The summed E-state index contributed by atoms with van der Waals surface area (Å²) in [5.74, 6) is -0.119. The van der Waals surface area contributed by atoms with E-state index in [9.17, 15) is 19.5 Å². The molecule has 0 bridgehead atoms. The normalized spacial score (nSPS) is 19.9. The second-order valence-corrected chi connectivity index (χ2v) is 13.1. The fourth-order valence-electron chi connectivity index (χ4n) is 5.79. The van der Waals surface area contributed by atoms with E-state index in [-0.39, 0.29) is 54.8 Å². The van der Waals surface area contributed by atoms with Crippen molar-refractivity contribution in [2.45, 2.75) is 78.2 Å². The zero-order chi connectivity index (χ0) is 34.8. The number of hydrogen-bond acceptors (Lipinski definition) is 6. The predicted octanol–water partition coefficient (Wildman–Crippen LogP) is 6.33. The third-order valence-electron chi connectivity index (χ3n) is 8.56. The standard InChI is InChI=1S/C37H51N5O6/c1-24(2)38-37(46)41(6)22-34-25(3)21-42(26(4)23-43)35(44)31-20-29(17-18-33(31)48-27(5)12-9-10-19-47-34)39-36(45)40-32-16-11-14-28-13-7-8-15-30(28)32/h7-8,11,13-18,20,24-27,34,43H,9-10,12,19,21-23H2,1-6H3,(H,38,46)(H2,39,40,45)/t25-,26+,27-,34-/m0/s1. The molecule has 1 heterocycles. The average Bonchev–Trinajstić information content (AvgIpc) is 3.05. The highest BCUT2D eigenvalue weighted by molar-refractivity contribution is 6.07. The fourth-order valence-corrected chi connectivity index (χ4v) is 5.79. The van der Waals surface area contributed by atoms with Crippen molar-refractivity contribution in [1.82, 2.24) is 15.1 Å². The smallest absolute Gasteiger partial charge is 0.323 e. The molecule has 3 aromatic carbocycles. The quantitative estimate of drug-likeness (QED) is 0.234. The number of hydrogen-bond donors (Lipinski definition) is 4. The summed E-state index contributed by atoms with van der Waals surface area (Å²) >= 11 is 0. The first-order valence-corrected chi connectivity index (χ1v) is 16.9. The molecule has 11 nitrogen and oxygen atoms in total. The van der Waals surface area contributed by atoms with Crippen LogP contribution in [-0.2, 0) is 4.74 Å². The molecule has 3 aromatic rings. The predicted molar refractivity (Wildman–Crippen MR) is 190 cm³/mol. The van der Waals surface area contributed by atoms with Crippen molar-refractivity contribution in [3.05, 3.63) is 66.2 Å². The van der Waals surface area contributed by atoms with Crippen LogP contribution < -0.4 is 20.7 Å². The van der Waals surface area contributed by atoms with Crippen LogP contribution in [0.1, 0.15) is 64.2 Å². The Morgan fingerprint density at radius 2 is 1.77 bits per heavy atom. The molecule has 0 radical (unpaired) electrons. The first-order valence-electron chi connectivity index (χ1n) is 16.9. The second-order valence-electron chi connectivity index (χ2n) is 13.1. The van der Waals surface area contributed by atoms with E-state index in [1.54, 1.807) is 42.0 Å². The number of likely N-dealkylation sites (N-methyl/N-ethyl adjacent to an activating group) is 1. The lowest BCUT2D eigenvalue weighted by Crippen LogP contribution is -2.49. The summed E-state index contributed by atoms with van der Waals surface area (Å²) in [5, 5.41) is 20.9. The lowest BCUT2D eigenvalue weighted by atomic mass is 10.0. The number of fused-ring (bicyclic) bond motifs is 2. The van der Waals surface area contributed by atoms with Crippen molar-refractivity contribution in [1.29, 1.82) is 0 Å². The molecule has 48 heavy (non-hydrogen) atoms. The van der Waals surface area contributed by atoms with Gasteiger partial charge in [-0.25, -0.2) is 9.59 Å². The number of benzene rings is 3. The molecule has 1 aliphatic rings. The van der Waals surface area contributed by atoms with Crippen LogP contribution in [0.25, 0.3) is 10.8 Å². The van der Waals surface area contributed by atoms with Crippen LogP contribution >= 0.6 is 0 Å². The summed E-state index contributed by atoms with van der Waals surface area (Å²) in [4.78, 5) is 43.5. The second kappa shape index (κ2) is 17.2. The Morgan fingerprint density at radius 1 is 1.02 bits per heavy atom. The zero-order valence-electron chi connectivity index (χ0n) is 29.0. The summed E-state index contributed by atoms with van der Waals surface area (Å²) in [5.41, 5.74) is 1.36. The Bertz CT molecular complexity index is 1540. The fraction of sp³-hybridized carbons (Fsp3) is 0.486. The van der Waals surface area contributed by atoms with Gasteiger partial charge >= 0.3 is 12.1 Å². The van der Waals surface area contributed by atoms with Gasteiger partial charge in [0.15, 0.2) is 0 Å². The number of urea groups is 2. The maximum absolute atomic E-state index is 14.4. The molecule has 0 aromatic heterocycles. The number of amides is 5. The van der Waals surface area contributed by atoms with Gasteiger partial charge in [0.25, 0.3) is 5.91 Å². The van der Waals surface area contributed by atoms with Crippen LogP contribution in [-0.4, -0.2) is 90.5 Å². The summed E-state index contributed by atoms with van der Waals surface area (Å²) in [7, 11) is 1.73. The monoisotopic (exact) mass is 661 g/mol. The van der Waals surface area contributed by atoms with E-state index in [0.29, 0.717) is 30.3 Å². The molecule has 0 aliphatic carbocycles. The Kier molecular flexibility index (Phi) is 13.0. The van der Waals surface area contributed by atoms with E-state index in [1.165, 1.54) is 0 Å². The minimum Gasteiger partial charge on any atom is -0.490 e. The Balaban J connectivity index is 1.61. The molecule has 260 valence electrons. The van der Waals surface area contributed by atoms with E-state index in [4.69, 9.17) is 9.47 Å². The molecular weight excluding hydrogens is 610 g/mol. The summed E-state index contributed by atoms with van der Waals surface area (Å²) in [6, 6.07) is 17.4. The van der Waals surface area contributed by atoms with Crippen LogP contribution in [0.4, 0.5) is 21.0 Å². The highest BCUT2D eigenvalue weighted by Gasteiger charge is 2.31. The molecule has 0 saturated heterocycles. The number of nitrogens with zero attached hydrogens (tertiary/aromatic N) is 2. The number of carbonyl (C=O) groups is 3. The van der Waals surface area contributed by atoms with Gasteiger partial charge in [0, 0.05) is 49.8 Å². The topological polar surface area (TPSA) is 132 Å². The Labute approximate surface area is 284 Å². The largest absolute Gasteiger partial charge is 0.490 e. The third kappa shape index (κ3) is 9.84. The summed E-state index contributed by atoms with van der Waals surface area (Å²) in [6.07, 6.45) is 1.89. The molecule has 11 heteroatoms. The van der Waals surface area contributed by atoms with Crippen molar-refractivity contribution in [3.8, 4) is 5.75 Å². The SMILES string of the molecule is CC(C)NC(=O)N(C)C[C@@H]1OCCCC[C@H](C)Oc2ccc(NC(=O)Nc3cccc4ccccc34)cc2C(=O)N([C@H](C)CO)C[C@@H]1C. The van der Waals surface area contributed by atoms with E-state index < -0.39 is 12.1 Å². The minimum absolute atomic E-state index is 0.00578. The van der Waals surface area contributed by atoms with Crippen molar-refractivity contribution >= 4 is 40.1 Å². The van der Waals surface area contributed by atoms with E-state index in [2.05, 4.69) is 16.0 Å². The highest BCUT2D eigenvalue weighted by Crippen LogP contribution is 2.29.